The lowest BCUT2D eigenvalue weighted by molar-refractivity contribution is -0.538. The zero-order valence-electron chi connectivity index (χ0n) is 26.2. The van der Waals surface area contributed by atoms with Crippen molar-refractivity contribution in [2.24, 2.45) is 0 Å². The van der Waals surface area contributed by atoms with E-state index in [1.54, 1.807) is 47.0 Å². The molecule has 1 heterocycles. The number of benzene rings is 5. The summed E-state index contributed by atoms with van der Waals surface area (Å²) in [6.07, 6.45) is 0. The van der Waals surface area contributed by atoms with Crippen LogP contribution in [-0.2, 0) is 36.9 Å². The fraction of sp³-hybridized carbons (Fsp3) is 0.0909. The second-order valence-corrected chi connectivity index (χ2v) is 15.5. The van der Waals surface area contributed by atoms with Gasteiger partial charge in [-0.3, -0.25) is 13.7 Å². The lowest BCUT2D eigenvalue weighted by atomic mass is 10.1. The maximum atomic E-state index is 12.2. The van der Waals surface area contributed by atoms with Gasteiger partial charge >= 0.3 is 0 Å². The highest BCUT2D eigenvalue weighted by Gasteiger charge is 2.24. The summed E-state index contributed by atoms with van der Waals surface area (Å²) in [5.41, 5.74) is 10.3. The number of anilines is 4. The molecular weight excluding hydrogens is 707 g/mol. The number of nitrogen functional groups attached to an aromatic ring is 1. The Morgan fingerprint density at radius 3 is 2.02 bits per heavy atom. The van der Waals surface area contributed by atoms with Crippen molar-refractivity contribution in [2.75, 3.05) is 22.5 Å². The second kappa shape index (κ2) is 12.9. The predicted octanol–water partition coefficient (Wildman–Crippen LogP) is 4.76. The Bertz CT molecular complexity index is 2630. The van der Waals surface area contributed by atoms with Crippen molar-refractivity contribution < 1.29 is 43.5 Å². The third-order valence-corrected chi connectivity index (χ3v) is 10.5. The smallest absolute Gasteiger partial charge is 0.296 e. The van der Waals surface area contributed by atoms with Crippen LogP contribution in [0.5, 0.6) is 0 Å². The molecule has 0 aliphatic carbocycles. The quantitative estimate of drug-likeness (QED) is 0.0555. The molecule has 0 spiro atoms. The molecule has 5 aromatic carbocycles. The van der Waals surface area contributed by atoms with Gasteiger partial charge in [0, 0.05) is 54.4 Å². The second-order valence-electron chi connectivity index (χ2n) is 11.3. The Labute approximate surface area is 287 Å². The summed E-state index contributed by atoms with van der Waals surface area (Å²) < 4.78 is 102. The fourth-order valence-electron chi connectivity index (χ4n) is 5.56. The van der Waals surface area contributed by atoms with Gasteiger partial charge in [-0.1, -0.05) is 18.2 Å². The van der Waals surface area contributed by atoms with Gasteiger partial charge in [0.25, 0.3) is 30.4 Å². The van der Waals surface area contributed by atoms with Crippen LogP contribution in [0, 0.1) is 0 Å². The van der Waals surface area contributed by atoms with Crippen LogP contribution in [0.2, 0.25) is 0 Å². The molecule has 0 radical (unpaired) electrons. The van der Waals surface area contributed by atoms with Crippen molar-refractivity contribution in [3.63, 3.8) is 0 Å². The zero-order valence-corrected chi connectivity index (χ0v) is 28.6. The molecule has 17 heteroatoms. The monoisotopic (exact) mass is 736 g/mol. The number of rotatable bonds is 10. The van der Waals surface area contributed by atoms with Gasteiger partial charge in [0.15, 0.2) is 0 Å². The molecule has 258 valence electrons. The van der Waals surface area contributed by atoms with E-state index in [4.69, 9.17) is 10.7 Å². The first-order chi connectivity index (χ1) is 23.5. The maximum absolute atomic E-state index is 12.2. The summed E-state index contributed by atoms with van der Waals surface area (Å²) in [4.78, 5) is 5.85. The highest BCUT2D eigenvalue weighted by atomic mass is 32.2. The molecule has 1 aromatic heterocycles. The van der Waals surface area contributed by atoms with Crippen LogP contribution in [0.15, 0.2) is 118 Å². The molecule has 50 heavy (non-hydrogen) atoms. The van der Waals surface area contributed by atoms with Crippen LogP contribution < -0.4 is 20.5 Å². The molecule has 0 saturated heterocycles. The Morgan fingerprint density at radius 1 is 0.720 bits per heavy atom. The first-order valence-corrected chi connectivity index (χ1v) is 19.2. The first-order valence-electron chi connectivity index (χ1n) is 14.8. The number of nitrogens with zero attached hydrogens (tertiary/aromatic N) is 3. The third-order valence-electron chi connectivity index (χ3n) is 7.93. The minimum Gasteiger partial charge on any atom is -0.399 e. The van der Waals surface area contributed by atoms with E-state index in [1.807, 2.05) is 24.0 Å². The summed E-state index contributed by atoms with van der Waals surface area (Å²) in [6, 6.07) is 26.1. The van der Waals surface area contributed by atoms with E-state index in [9.17, 15) is 38.9 Å². The van der Waals surface area contributed by atoms with Gasteiger partial charge in [0.2, 0.25) is 16.7 Å². The lowest BCUT2D eigenvalue weighted by Gasteiger charge is -2.23. The summed E-state index contributed by atoms with van der Waals surface area (Å²) in [5, 5.41) is 3.01. The van der Waals surface area contributed by atoms with E-state index in [0.29, 0.717) is 46.5 Å². The van der Waals surface area contributed by atoms with Gasteiger partial charge in [0.05, 0.1) is 10.6 Å². The number of nitrogens with one attached hydrogen (secondary N) is 1. The molecule has 0 aliphatic rings. The summed E-state index contributed by atoms with van der Waals surface area (Å²) in [5.74, 6) is 0. The number of hydrogen-bond acceptors (Lipinski definition) is 10. The van der Waals surface area contributed by atoms with E-state index >= 15 is 0 Å². The zero-order chi connectivity index (χ0) is 36.0. The number of aromatic nitrogens is 2. The molecule has 6 N–H and O–H groups in total. The topological polar surface area (TPSA) is 221 Å². The SMILES string of the molecule is CCN(Cc1ccc(S(=O)(=O)O)cc1)c1ccc2nc3ccc(Nc4ccc(N)cc4S(=O)(=O)O)cc3[n+](-c3cccc(S(=O)(=O)O)c3)c2c1. The Kier molecular flexibility index (Phi) is 8.98. The largest absolute Gasteiger partial charge is 0.399 e. The van der Waals surface area contributed by atoms with Crippen molar-refractivity contribution in [1.82, 2.24) is 4.98 Å². The van der Waals surface area contributed by atoms with Crippen LogP contribution >= 0.6 is 0 Å². The third kappa shape index (κ3) is 7.23. The van der Waals surface area contributed by atoms with Gasteiger partial charge in [0.1, 0.15) is 20.8 Å². The van der Waals surface area contributed by atoms with Crippen LogP contribution in [0.25, 0.3) is 27.8 Å². The van der Waals surface area contributed by atoms with Crippen LogP contribution in [0.1, 0.15) is 12.5 Å². The molecule has 14 nitrogen and oxygen atoms in total. The van der Waals surface area contributed by atoms with Crippen molar-refractivity contribution >= 4 is 75.2 Å². The molecule has 0 unspecified atom stereocenters. The number of fused-ring (bicyclic) bond motifs is 2. The van der Waals surface area contributed by atoms with E-state index in [1.165, 1.54) is 42.5 Å². The van der Waals surface area contributed by atoms with E-state index in [0.717, 1.165) is 17.3 Å². The predicted molar refractivity (Wildman–Crippen MR) is 188 cm³/mol. The van der Waals surface area contributed by atoms with Crippen molar-refractivity contribution in [3.05, 3.63) is 109 Å². The minimum atomic E-state index is -4.65. The van der Waals surface area contributed by atoms with Crippen molar-refractivity contribution in [1.29, 1.82) is 0 Å². The van der Waals surface area contributed by atoms with Crippen LogP contribution in [-0.4, -0.2) is 50.4 Å². The molecule has 0 saturated carbocycles. The number of nitrogens with two attached hydrogens (primary N) is 1. The molecule has 6 rings (SSSR count). The molecule has 0 amide bonds. The van der Waals surface area contributed by atoms with Gasteiger partial charge in [-0.15, -0.1) is 4.57 Å². The normalized spacial score (nSPS) is 12.3. The van der Waals surface area contributed by atoms with Gasteiger partial charge in [-0.05, 0) is 73.2 Å². The van der Waals surface area contributed by atoms with Gasteiger partial charge < -0.3 is 16.0 Å². The van der Waals surface area contributed by atoms with E-state index < -0.39 is 35.2 Å². The molecule has 0 atom stereocenters. The van der Waals surface area contributed by atoms with E-state index in [2.05, 4.69) is 5.32 Å². The van der Waals surface area contributed by atoms with Crippen LogP contribution in [0.4, 0.5) is 22.7 Å². The Balaban J connectivity index is 1.53. The van der Waals surface area contributed by atoms with Crippen molar-refractivity contribution in [3.8, 4) is 5.69 Å². The number of hydrogen-bond donors (Lipinski definition) is 5. The molecule has 0 aliphatic heterocycles. The summed E-state index contributed by atoms with van der Waals surface area (Å²) in [7, 11) is -13.6. The highest BCUT2D eigenvalue weighted by Crippen LogP contribution is 2.30. The van der Waals surface area contributed by atoms with Gasteiger partial charge in [-0.2, -0.15) is 25.3 Å². The average Bonchev–Trinajstić information content (AvgIpc) is 3.06. The molecule has 6 aromatic rings. The average molecular weight is 737 g/mol. The first kappa shape index (κ1) is 34.7. The minimum absolute atomic E-state index is 0.0558. The van der Waals surface area contributed by atoms with E-state index in [-0.39, 0.29) is 21.2 Å². The molecular formula is C33H30N5O9S3+. The summed E-state index contributed by atoms with van der Waals surface area (Å²) >= 11 is 0. The molecule has 0 bridgehead atoms. The van der Waals surface area contributed by atoms with Crippen LogP contribution in [0.3, 0.4) is 0 Å². The lowest BCUT2D eigenvalue weighted by Crippen LogP contribution is -2.34. The Hall–Kier alpha value is -5.17. The van der Waals surface area contributed by atoms with Gasteiger partial charge in [-0.25, -0.2) is 4.98 Å². The Morgan fingerprint density at radius 2 is 1.38 bits per heavy atom. The summed E-state index contributed by atoms with van der Waals surface area (Å²) in [6.45, 7) is 2.85. The van der Waals surface area contributed by atoms with Crippen molar-refractivity contribution in [2.45, 2.75) is 28.2 Å². The standard InChI is InChI=1S/C33H29N5O9S3/c1-2-37(20-21-6-11-26(12-7-21)48(39,40)41)24-10-15-29-32(19-24)38(25-4-3-5-27(18-25)49(42,43)44)31-17-23(9-14-28(31)36-29)35-30-13-8-22(34)16-33(30)50(45,46)47/h3-19H,2,20H2,1H3,(H5,34,36,39,40,41,42,43,44,45,46,47)/p+1. The fourth-order valence-corrected chi connectivity index (χ4v) is 7.24. The highest BCUT2D eigenvalue weighted by molar-refractivity contribution is 7.86. The molecule has 0 fully saturated rings. The maximum Gasteiger partial charge on any atom is 0.296 e.